The minimum Gasteiger partial charge on any atom is -0.370 e. The second kappa shape index (κ2) is 6.84. The number of anilines is 1. The van der Waals surface area contributed by atoms with Gasteiger partial charge in [-0.1, -0.05) is 24.3 Å². The maximum atomic E-state index is 4.33. The third-order valence-electron chi connectivity index (χ3n) is 4.32. The molecule has 1 aliphatic rings. The van der Waals surface area contributed by atoms with E-state index in [1.54, 1.807) is 12.7 Å². The van der Waals surface area contributed by atoms with Gasteiger partial charge in [-0.2, -0.15) is 10.2 Å². The molecular weight excluding hydrogens is 302 g/mol. The molecule has 0 bridgehead atoms. The van der Waals surface area contributed by atoms with Crippen molar-refractivity contribution in [1.29, 1.82) is 0 Å². The summed E-state index contributed by atoms with van der Waals surface area (Å²) in [6, 6.07) is 10.7. The number of nitrogens with zero attached hydrogens (tertiary/aromatic N) is 5. The highest BCUT2D eigenvalue weighted by Gasteiger charge is 2.17. The highest BCUT2D eigenvalue weighted by molar-refractivity contribution is 5.35. The number of benzene rings is 1. The molecule has 2 N–H and O–H groups in total. The van der Waals surface area contributed by atoms with Gasteiger partial charge in [-0.15, -0.1) is 0 Å². The van der Waals surface area contributed by atoms with Gasteiger partial charge in [0, 0.05) is 38.2 Å². The standard InChI is InChI=1S/C17H21N7/c1-3-15(10-23-13-19-12-22-23)4-2-14(1)7-18-8-16-9-20-17-5-6-21-24(17)11-16/h1-6,12-13,16,18,20H,7-11H2. The molecule has 3 aromatic rings. The van der Waals surface area contributed by atoms with E-state index in [1.807, 2.05) is 21.6 Å². The van der Waals surface area contributed by atoms with Crippen LogP contribution >= 0.6 is 0 Å². The van der Waals surface area contributed by atoms with Crippen LogP contribution < -0.4 is 10.6 Å². The first-order chi connectivity index (χ1) is 11.9. The fourth-order valence-corrected chi connectivity index (χ4v) is 3.01. The van der Waals surface area contributed by atoms with E-state index >= 15 is 0 Å². The summed E-state index contributed by atoms with van der Waals surface area (Å²) in [6.07, 6.45) is 5.14. The molecule has 0 aliphatic carbocycles. The fourth-order valence-electron chi connectivity index (χ4n) is 3.01. The topological polar surface area (TPSA) is 72.6 Å². The lowest BCUT2D eigenvalue weighted by Crippen LogP contribution is -2.35. The number of hydrogen-bond acceptors (Lipinski definition) is 5. The lowest BCUT2D eigenvalue weighted by atomic mass is 10.1. The summed E-state index contributed by atoms with van der Waals surface area (Å²) < 4.78 is 3.86. The zero-order valence-electron chi connectivity index (χ0n) is 13.5. The highest BCUT2D eigenvalue weighted by Crippen LogP contribution is 2.15. The normalized spacial score (nSPS) is 16.6. The third kappa shape index (κ3) is 3.46. The minimum absolute atomic E-state index is 0.559. The van der Waals surface area contributed by atoms with Crippen LogP contribution in [0.2, 0.25) is 0 Å². The zero-order valence-corrected chi connectivity index (χ0v) is 13.5. The SMILES string of the molecule is c1ncn(Cc2ccc(CNCC3CNc4ccnn4C3)cc2)n1. The summed E-state index contributed by atoms with van der Waals surface area (Å²) in [5.41, 5.74) is 2.52. The van der Waals surface area contributed by atoms with E-state index in [9.17, 15) is 0 Å². The molecule has 0 radical (unpaired) electrons. The summed E-state index contributed by atoms with van der Waals surface area (Å²) in [7, 11) is 0. The maximum absolute atomic E-state index is 4.33. The lowest BCUT2D eigenvalue weighted by Gasteiger charge is -2.25. The van der Waals surface area contributed by atoms with Crippen molar-refractivity contribution in [1.82, 2.24) is 29.9 Å². The monoisotopic (exact) mass is 323 g/mol. The Labute approximate surface area is 140 Å². The summed E-state index contributed by atoms with van der Waals surface area (Å²) in [4.78, 5) is 3.96. The van der Waals surface area contributed by atoms with E-state index in [4.69, 9.17) is 0 Å². The van der Waals surface area contributed by atoms with Gasteiger partial charge in [0.1, 0.15) is 18.5 Å². The van der Waals surface area contributed by atoms with Gasteiger partial charge in [-0.05, 0) is 11.1 Å². The molecular formula is C17H21N7. The molecule has 4 rings (SSSR count). The van der Waals surface area contributed by atoms with Gasteiger partial charge >= 0.3 is 0 Å². The van der Waals surface area contributed by atoms with Gasteiger partial charge in [0.2, 0.25) is 0 Å². The van der Waals surface area contributed by atoms with Gasteiger partial charge in [0.15, 0.2) is 0 Å². The van der Waals surface area contributed by atoms with Gasteiger partial charge in [-0.25, -0.2) is 14.3 Å². The Balaban J connectivity index is 1.24. The third-order valence-corrected chi connectivity index (χ3v) is 4.32. The molecule has 124 valence electrons. The number of nitrogens with one attached hydrogen (secondary N) is 2. The quantitative estimate of drug-likeness (QED) is 0.716. The molecule has 7 nitrogen and oxygen atoms in total. The summed E-state index contributed by atoms with van der Waals surface area (Å²) in [5.74, 6) is 1.68. The van der Waals surface area contributed by atoms with E-state index in [0.717, 1.165) is 38.5 Å². The maximum Gasteiger partial charge on any atom is 0.137 e. The molecule has 0 fully saturated rings. The number of hydrogen-bond donors (Lipinski definition) is 2. The Bertz CT molecular complexity index is 761. The molecule has 7 heteroatoms. The van der Waals surface area contributed by atoms with Crippen molar-refractivity contribution in [3.63, 3.8) is 0 Å². The summed E-state index contributed by atoms with van der Waals surface area (Å²) in [6.45, 7) is 4.58. The molecule has 0 spiro atoms. The Morgan fingerprint density at radius 3 is 2.83 bits per heavy atom. The molecule has 3 heterocycles. The van der Waals surface area contributed by atoms with Gasteiger partial charge in [-0.3, -0.25) is 0 Å². The van der Waals surface area contributed by atoms with Crippen LogP contribution in [-0.4, -0.2) is 37.6 Å². The van der Waals surface area contributed by atoms with Crippen molar-refractivity contribution in [3.8, 4) is 0 Å². The molecule has 1 unspecified atom stereocenters. The van der Waals surface area contributed by atoms with Crippen molar-refractivity contribution in [3.05, 3.63) is 60.3 Å². The average Bonchev–Trinajstić information content (AvgIpc) is 3.27. The number of rotatable bonds is 6. The van der Waals surface area contributed by atoms with E-state index in [2.05, 4.69) is 50.1 Å². The van der Waals surface area contributed by atoms with Crippen LogP contribution in [0.15, 0.2) is 49.2 Å². The number of aromatic nitrogens is 5. The van der Waals surface area contributed by atoms with Crippen LogP contribution in [0.1, 0.15) is 11.1 Å². The average molecular weight is 323 g/mol. The summed E-state index contributed by atoms with van der Waals surface area (Å²) in [5, 5.41) is 15.4. The smallest absolute Gasteiger partial charge is 0.137 e. The second-order valence-corrected chi connectivity index (χ2v) is 6.19. The molecule has 0 amide bonds. The highest BCUT2D eigenvalue weighted by atomic mass is 15.3. The zero-order chi connectivity index (χ0) is 16.2. The minimum atomic E-state index is 0.559. The van der Waals surface area contributed by atoms with Crippen LogP contribution in [0.25, 0.3) is 0 Å². The predicted molar refractivity (Wildman–Crippen MR) is 91.5 cm³/mol. The first-order valence-corrected chi connectivity index (χ1v) is 8.23. The van der Waals surface area contributed by atoms with Crippen molar-refractivity contribution >= 4 is 5.82 Å². The number of fused-ring (bicyclic) bond motifs is 1. The Hall–Kier alpha value is -2.67. The van der Waals surface area contributed by atoms with Crippen LogP contribution in [0, 0.1) is 5.92 Å². The summed E-state index contributed by atoms with van der Waals surface area (Å²) >= 11 is 0. The first-order valence-electron chi connectivity index (χ1n) is 8.23. The Kier molecular flexibility index (Phi) is 4.24. The van der Waals surface area contributed by atoms with E-state index < -0.39 is 0 Å². The van der Waals surface area contributed by atoms with Gasteiger partial charge in [0.25, 0.3) is 0 Å². The van der Waals surface area contributed by atoms with Gasteiger partial charge in [0.05, 0.1) is 12.7 Å². The van der Waals surface area contributed by atoms with Crippen molar-refractivity contribution in [2.24, 2.45) is 5.92 Å². The molecule has 0 saturated carbocycles. The van der Waals surface area contributed by atoms with E-state index in [0.29, 0.717) is 5.92 Å². The van der Waals surface area contributed by atoms with Crippen molar-refractivity contribution in [2.75, 3.05) is 18.4 Å². The molecule has 1 aliphatic heterocycles. The Morgan fingerprint density at radius 1 is 1.12 bits per heavy atom. The van der Waals surface area contributed by atoms with Gasteiger partial charge < -0.3 is 10.6 Å². The van der Waals surface area contributed by atoms with Crippen LogP contribution in [0.4, 0.5) is 5.82 Å². The van der Waals surface area contributed by atoms with Crippen LogP contribution in [0.3, 0.4) is 0 Å². The van der Waals surface area contributed by atoms with Crippen LogP contribution in [-0.2, 0) is 19.6 Å². The molecule has 0 saturated heterocycles. The first kappa shape index (κ1) is 14.9. The van der Waals surface area contributed by atoms with E-state index in [1.165, 1.54) is 11.1 Å². The van der Waals surface area contributed by atoms with E-state index in [-0.39, 0.29) is 0 Å². The Morgan fingerprint density at radius 2 is 2.00 bits per heavy atom. The fraction of sp³-hybridized carbons (Fsp3) is 0.353. The predicted octanol–water partition coefficient (Wildman–Crippen LogP) is 1.35. The van der Waals surface area contributed by atoms with Crippen molar-refractivity contribution in [2.45, 2.75) is 19.6 Å². The molecule has 1 atom stereocenters. The largest absolute Gasteiger partial charge is 0.370 e. The molecule has 1 aromatic carbocycles. The second-order valence-electron chi connectivity index (χ2n) is 6.19. The molecule has 24 heavy (non-hydrogen) atoms. The molecule has 2 aromatic heterocycles. The van der Waals surface area contributed by atoms with Crippen LogP contribution in [0.5, 0.6) is 0 Å². The lowest BCUT2D eigenvalue weighted by molar-refractivity contribution is 0.391. The van der Waals surface area contributed by atoms with Crippen molar-refractivity contribution < 1.29 is 0 Å².